The lowest BCUT2D eigenvalue weighted by atomic mass is 10.2. The first-order chi connectivity index (χ1) is 10.5. The molecule has 1 aromatic carbocycles. The van der Waals surface area contributed by atoms with Gasteiger partial charge in [0.1, 0.15) is 0 Å². The molecule has 0 aromatic heterocycles. The molecule has 0 aliphatic heterocycles. The molecule has 1 amide bonds. The standard InChI is InChI=1S/C13H14N4O5/c1-3-8-16(12(18)11(15-14)13(19)22-2)9-4-6-10(7-5-9)17(20)21/h4-7H,3,8H2,1-2H3. The second-order valence-corrected chi connectivity index (χ2v) is 4.17. The summed E-state index contributed by atoms with van der Waals surface area (Å²) in [4.78, 5) is 37.6. The van der Waals surface area contributed by atoms with Crippen molar-refractivity contribution in [2.75, 3.05) is 18.6 Å². The molecule has 0 bridgehead atoms. The molecule has 22 heavy (non-hydrogen) atoms. The number of hydrogen-bond donors (Lipinski definition) is 0. The van der Waals surface area contributed by atoms with Crippen LogP contribution in [0.3, 0.4) is 0 Å². The van der Waals surface area contributed by atoms with E-state index in [-0.39, 0.29) is 12.2 Å². The molecular weight excluding hydrogens is 292 g/mol. The summed E-state index contributed by atoms with van der Waals surface area (Å²) >= 11 is 0. The zero-order chi connectivity index (χ0) is 16.7. The van der Waals surface area contributed by atoms with E-state index in [4.69, 9.17) is 5.53 Å². The maximum Gasteiger partial charge on any atom is 0.463 e. The molecule has 0 spiro atoms. The minimum atomic E-state index is -1.07. The Morgan fingerprint density at radius 2 is 1.95 bits per heavy atom. The van der Waals surface area contributed by atoms with Crippen LogP contribution in [0.25, 0.3) is 5.53 Å². The van der Waals surface area contributed by atoms with E-state index in [1.54, 1.807) is 6.92 Å². The number of carbonyl (C=O) groups excluding carboxylic acids is 2. The molecule has 0 saturated carbocycles. The van der Waals surface area contributed by atoms with E-state index in [9.17, 15) is 19.7 Å². The summed E-state index contributed by atoms with van der Waals surface area (Å²) in [6, 6.07) is 5.22. The number of nitrogens with zero attached hydrogens (tertiary/aromatic N) is 4. The number of benzene rings is 1. The Morgan fingerprint density at radius 1 is 1.36 bits per heavy atom. The number of hydrogen-bond acceptors (Lipinski definition) is 5. The summed E-state index contributed by atoms with van der Waals surface area (Å²) in [5.74, 6) is -1.93. The third-order valence-electron chi connectivity index (χ3n) is 2.75. The number of ether oxygens (including phenoxy) is 1. The van der Waals surface area contributed by atoms with Gasteiger partial charge < -0.3 is 15.2 Å². The van der Waals surface area contributed by atoms with Gasteiger partial charge in [0.05, 0.1) is 12.0 Å². The van der Waals surface area contributed by atoms with Gasteiger partial charge in [0.2, 0.25) is 0 Å². The third-order valence-corrected chi connectivity index (χ3v) is 2.75. The lowest BCUT2D eigenvalue weighted by Gasteiger charge is -2.19. The number of carbonyl (C=O) groups is 2. The monoisotopic (exact) mass is 306 g/mol. The van der Waals surface area contributed by atoms with E-state index in [2.05, 4.69) is 9.53 Å². The summed E-state index contributed by atoms with van der Waals surface area (Å²) in [6.45, 7) is 2.03. The summed E-state index contributed by atoms with van der Waals surface area (Å²) in [7, 11) is 1.05. The zero-order valence-corrected chi connectivity index (χ0v) is 12.1. The van der Waals surface area contributed by atoms with E-state index < -0.39 is 22.5 Å². The van der Waals surface area contributed by atoms with Crippen LogP contribution >= 0.6 is 0 Å². The predicted molar refractivity (Wildman–Crippen MR) is 76.4 cm³/mol. The molecule has 9 heteroatoms. The second-order valence-electron chi connectivity index (χ2n) is 4.17. The lowest BCUT2D eigenvalue weighted by Crippen LogP contribution is -2.41. The number of rotatable bonds is 6. The third kappa shape index (κ3) is 3.74. The van der Waals surface area contributed by atoms with Crippen LogP contribution in [0.4, 0.5) is 11.4 Å². The van der Waals surface area contributed by atoms with Gasteiger partial charge in [-0.15, -0.1) is 0 Å². The first-order valence-electron chi connectivity index (χ1n) is 6.32. The van der Waals surface area contributed by atoms with Crippen LogP contribution in [0, 0.1) is 10.1 Å². The second kappa shape index (κ2) is 7.65. The fourth-order valence-electron chi connectivity index (χ4n) is 1.72. The van der Waals surface area contributed by atoms with Gasteiger partial charge in [-0.2, -0.15) is 4.79 Å². The SMILES string of the molecule is CCCN(C(=O)C(=[N+]=[N-])C(=O)OC)c1ccc([N+](=O)[O-])cc1. The molecule has 0 saturated heterocycles. The summed E-state index contributed by atoms with van der Waals surface area (Å²) in [6.07, 6.45) is 0.558. The van der Waals surface area contributed by atoms with Gasteiger partial charge >= 0.3 is 17.6 Å². The molecule has 0 atom stereocenters. The van der Waals surface area contributed by atoms with Crippen LogP contribution in [0.1, 0.15) is 13.3 Å². The van der Waals surface area contributed by atoms with Gasteiger partial charge in [-0.1, -0.05) is 6.92 Å². The molecule has 1 aromatic rings. The molecule has 0 fully saturated rings. The van der Waals surface area contributed by atoms with Crippen molar-refractivity contribution in [3.63, 3.8) is 0 Å². The van der Waals surface area contributed by atoms with Crippen molar-refractivity contribution in [2.24, 2.45) is 0 Å². The van der Waals surface area contributed by atoms with Crippen LogP contribution in [0.15, 0.2) is 24.3 Å². The van der Waals surface area contributed by atoms with Crippen molar-refractivity contribution in [2.45, 2.75) is 13.3 Å². The fourth-order valence-corrected chi connectivity index (χ4v) is 1.72. The minimum Gasteiger partial charge on any atom is -0.460 e. The largest absolute Gasteiger partial charge is 0.463 e. The highest BCUT2D eigenvalue weighted by molar-refractivity contribution is 6.64. The van der Waals surface area contributed by atoms with Gasteiger partial charge in [-0.3, -0.25) is 14.9 Å². The van der Waals surface area contributed by atoms with Gasteiger partial charge in [0, 0.05) is 24.4 Å². The highest BCUT2D eigenvalue weighted by atomic mass is 16.6. The Balaban J connectivity index is 3.17. The van der Waals surface area contributed by atoms with Gasteiger partial charge in [-0.05, 0) is 18.6 Å². The molecule has 0 radical (unpaired) electrons. The lowest BCUT2D eigenvalue weighted by molar-refractivity contribution is -0.384. The van der Waals surface area contributed by atoms with Crippen molar-refractivity contribution in [1.29, 1.82) is 0 Å². The zero-order valence-electron chi connectivity index (χ0n) is 12.1. The number of amides is 1. The molecule has 0 N–H and O–H groups in total. The van der Waals surface area contributed by atoms with Crippen molar-refractivity contribution < 1.29 is 24.0 Å². The fraction of sp³-hybridized carbons (Fsp3) is 0.308. The summed E-state index contributed by atoms with van der Waals surface area (Å²) < 4.78 is 4.37. The number of non-ortho nitro benzene ring substituents is 1. The number of nitro benzene ring substituents is 1. The first kappa shape index (κ1) is 17.0. The van der Waals surface area contributed by atoms with E-state index in [1.165, 1.54) is 29.2 Å². The molecule has 116 valence electrons. The van der Waals surface area contributed by atoms with Crippen LogP contribution in [-0.4, -0.2) is 41.0 Å². The average Bonchev–Trinajstić information content (AvgIpc) is 2.52. The first-order valence-corrected chi connectivity index (χ1v) is 6.32. The Morgan fingerprint density at radius 3 is 2.36 bits per heavy atom. The molecule has 9 nitrogen and oxygen atoms in total. The molecule has 0 unspecified atom stereocenters. The Hall–Kier alpha value is -3.06. The quantitative estimate of drug-likeness (QED) is 0.148. The van der Waals surface area contributed by atoms with E-state index >= 15 is 0 Å². The van der Waals surface area contributed by atoms with Crippen molar-refractivity contribution in [3.8, 4) is 0 Å². The van der Waals surface area contributed by atoms with Crippen LogP contribution in [-0.2, 0) is 14.3 Å². The normalized spacial score (nSPS) is 9.55. The van der Waals surface area contributed by atoms with E-state index in [0.717, 1.165) is 7.11 Å². The van der Waals surface area contributed by atoms with E-state index in [1.807, 2.05) is 0 Å². The Labute approximate surface area is 125 Å². The average molecular weight is 306 g/mol. The highest BCUT2D eigenvalue weighted by Gasteiger charge is 2.35. The number of nitro groups is 1. The van der Waals surface area contributed by atoms with Crippen LogP contribution in [0.2, 0.25) is 0 Å². The molecule has 1 rings (SSSR count). The predicted octanol–water partition coefficient (Wildman–Crippen LogP) is 1.18. The molecule has 0 aliphatic carbocycles. The molecular formula is C13H14N4O5. The van der Waals surface area contributed by atoms with Gasteiger partial charge in [0.15, 0.2) is 0 Å². The maximum atomic E-state index is 12.3. The maximum absolute atomic E-state index is 12.3. The van der Waals surface area contributed by atoms with Crippen molar-refractivity contribution in [1.82, 2.24) is 0 Å². The highest BCUT2D eigenvalue weighted by Crippen LogP contribution is 2.20. The van der Waals surface area contributed by atoms with Crippen molar-refractivity contribution >= 4 is 29.0 Å². The molecule has 0 heterocycles. The summed E-state index contributed by atoms with van der Waals surface area (Å²) in [5, 5.41) is 10.6. The molecule has 0 aliphatic rings. The minimum absolute atomic E-state index is 0.128. The number of methoxy groups -OCH3 is 1. The summed E-state index contributed by atoms with van der Waals surface area (Å²) in [5.41, 5.74) is 8.27. The van der Waals surface area contributed by atoms with Crippen LogP contribution < -0.4 is 4.90 Å². The topological polar surface area (TPSA) is 126 Å². The van der Waals surface area contributed by atoms with Crippen LogP contribution in [0.5, 0.6) is 0 Å². The smallest absolute Gasteiger partial charge is 0.460 e. The van der Waals surface area contributed by atoms with Gasteiger partial charge in [-0.25, -0.2) is 4.79 Å². The van der Waals surface area contributed by atoms with Gasteiger partial charge in [0.25, 0.3) is 5.69 Å². The number of esters is 1. The Kier molecular flexibility index (Phi) is 5.91. The Bertz CT molecular complexity index is 634. The van der Waals surface area contributed by atoms with Crippen molar-refractivity contribution in [3.05, 3.63) is 39.9 Å². The van der Waals surface area contributed by atoms with E-state index in [0.29, 0.717) is 12.1 Å². The number of anilines is 1.